The van der Waals surface area contributed by atoms with E-state index in [4.69, 9.17) is 5.73 Å². The molecule has 0 saturated carbocycles. The smallest absolute Gasteiger partial charge is 0.383 e. The third-order valence-corrected chi connectivity index (χ3v) is 3.47. The van der Waals surface area contributed by atoms with E-state index in [1.165, 1.54) is 12.1 Å². The first-order valence-electron chi connectivity index (χ1n) is 6.69. The van der Waals surface area contributed by atoms with Gasteiger partial charge in [-0.3, -0.25) is 0 Å². The molecule has 0 spiro atoms. The van der Waals surface area contributed by atoms with Gasteiger partial charge in [0.1, 0.15) is 17.8 Å². The van der Waals surface area contributed by atoms with E-state index in [0.717, 1.165) is 23.0 Å². The maximum Gasteiger partial charge on any atom is 0.416 e. The van der Waals surface area contributed by atoms with Crippen molar-refractivity contribution in [1.29, 1.82) is 0 Å². The first-order chi connectivity index (χ1) is 11.3. The summed E-state index contributed by atoms with van der Waals surface area (Å²) in [7, 11) is 0. The maximum atomic E-state index is 13.2. The van der Waals surface area contributed by atoms with Gasteiger partial charge in [0.15, 0.2) is 0 Å². The highest BCUT2D eigenvalue weighted by molar-refractivity contribution is 5.51. The fourth-order valence-corrected chi connectivity index (χ4v) is 2.29. The van der Waals surface area contributed by atoms with Crippen LogP contribution in [0.4, 0.5) is 27.8 Å². The average molecular weight is 343 g/mol. The highest BCUT2D eigenvalue weighted by Gasteiger charge is 2.30. The van der Waals surface area contributed by atoms with Crippen molar-refractivity contribution in [3.05, 3.63) is 53.0 Å². The highest BCUT2D eigenvalue weighted by atomic mass is 19.4. The van der Waals surface area contributed by atoms with Crippen LogP contribution in [0.5, 0.6) is 0 Å². The number of halogens is 5. The number of hydrogen-bond acceptors (Lipinski definition) is 4. The van der Waals surface area contributed by atoms with E-state index in [0.29, 0.717) is 5.56 Å². The van der Waals surface area contributed by atoms with Gasteiger partial charge >= 0.3 is 6.18 Å². The Kier molecular flexibility index (Phi) is 3.82. The molecule has 0 aliphatic carbocycles. The van der Waals surface area contributed by atoms with Crippen LogP contribution < -0.4 is 5.73 Å². The molecule has 2 aromatic heterocycles. The minimum Gasteiger partial charge on any atom is -0.383 e. The molecule has 2 heterocycles. The Morgan fingerprint density at radius 3 is 2.38 bits per heavy atom. The molecule has 5 nitrogen and oxygen atoms in total. The third-order valence-electron chi connectivity index (χ3n) is 3.47. The number of alkyl halides is 5. The lowest BCUT2D eigenvalue weighted by Gasteiger charge is -2.13. The minimum absolute atomic E-state index is 0.00255. The molecule has 0 atom stereocenters. The molecule has 0 fully saturated rings. The Morgan fingerprint density at radius 1 is 1.12 bits per heavy atom. The highest BCUT2D eigenvalue weighted by Crippen LogP contribution is 2.31. The van der Waals surface area contributed by atoms with E-state index in [1.807, 2.05) is 0 Å². The van der Waals surface area contributed by atoms with Crippen LogP contribution in [0.3, 0.4) is 0 Å². The van der Waals surface area contributed by atoms with E-state index in [2.05, 4.69) is 15.1 Å². The number of hydrogen-bond donors (Lipinski definition) is 1. The van der Waals surface area contributed by atoms with Crippen LogP contribution in [-0.2, 0) is 12.6 Å². The topological polar surface area (TPSA) is 69.1 Å². The molecule has 0 saturated heterocycles. The number of rotatable bonds is 3. The predicted molar refractivity (Wildman–Crippen MR) is 74.4 cm³/mol. The molecule has 0 bridgehead atoms. The Morgan fingerprint density at radius 2 is 1.79 bits per heavy atom. The maximum absolute atomic E-state index is 13.2. The summed E-state index contributed by atoms with van der Waals surface area (Å²) >= 11 is 0. The average Bonchev–Trinajstić information content (AvgIpc) is 2.98. The summed E-state index contributed by atoms with van der Waals surface area (Å²) in [6, 6.07) is 4.19. The third kappa shape index (κ3) is 2.86. The van der Waals surface area contributed by atoms with Crippen LogP contribution in [0.2, 0.25) is 0 Å². The standard InChI is InChI=1S/C14H10F5N5/c15-11(16)10-9(12(20)24-13(23-10)21-6-22-24)5-7-1-3-8(4-2-7)14(17,18)19/h1-4,6,11H,5,20H2. The zero-order valence-electron chi connectivity index (χ0n) is 11.9. The lowest BCUT2D eigenvalue weighted by Crippen LogP contribution is -2.11. The molecule has 3 aromatic rings. The molecule has 2 N–H and O–H groups in total. The zero-order chi connectivity index (χ0) is 17.5. The Bertz CT molecular complexity index is 870. The molecule has 24 heavy (non-hydrogen) atoms. The van der Waals surface area contributed by atoms with Gasteiger partial charge < -0.3 is 5.73 Å². The second-order valence-electron chi connectivity index (χ2n) is 5.00. The fourth-order valence-electron chi connectivity index (χ4n) is 2.29. The van der Waals surface area contributed by atoms with Crippen molar-refractivity contribution >= 4 is 11.6 Å². The van der Waals surface area contributed by atoms with Crippen molar-refractivity contribution in [2.24, 2.45) is 0 Å². The molecule has 0 amide bonds. The minimum atomic E-state index is -4.47. The Labute approximate surface area is 131 Å². The lowest BCUT2D eigenvalue weighted by molar-refractivity contribution is -0.137. The van der Waals surface area contributed by atoms with E-state index >= 15 is 0 Å². The van der Waals surface area contributed by atoms with Gasteiger partial charge in [-0.05, 0) is 17.7 Å². The van der Waals surface area contributed by atoms with Gasteiger partial charge in [-0.2, -0.15) is 27.8 Å². The molecule has 1 aromatic carbocycles. The number of benzene rings is 1. The number of nitrogen functional groups attached to an aromatic ring is 1. The second kappa shape index (κ2) is 5.69. The van der Waals surface area contributed by atoms with Crippen LogP contribution >= 0.6 is 0 Å². The van der Waals surface area contributed by atoms with Gasteiger partial charge in [-0.25, -0.2) is 13.8 Å². The number of anilines is 1. The van der Waals surface area contributed by atoms with Gasteiger partial charge in [0.05, 0.1) is 5.56 Å². The van der Waals surface area contributed by atoms with E-state index in [9.17, 15) is 22.0 Å². The van der Waals surface area contributed by atoms with Crippen molar-refractivity contribution in [1.82, 2.24) is 19.6 Å². The monoisotopic (exact) mass is 343 g/mol. The first-order valence-corrected chi connectivity index (χ1v) is 6.69. The molecule has 10 heteroatoms. The Hall–Kier alpha value is -2.78. The number of fused-ring (bicyclic) bond motifs is 1. The van der Waals surface area contributed by atoms with Gasteiger partial charge in [-0.15, -0.1) is 0 Å². The molecule has 0 aliphatic rings. The van der Waals surface area contributed by atoms with Crippen molar-refractivity contribution < 1.29 is 22.0 Å². The van der Waals surface area contributed by atoms with Gasteiger partial charge in [0.2, 0.25) is 0 Å². The molecular formula is C14H10F5N5. The van der Waals surface area contributed by atoms with Crippen LogP contribution in [0.15, 0.2) is 30.6 Å². The summed E-state index contributed by atoms with van der Waals surface area (Å²) in [5.41, 5.74) is 4.86. The SMILES string of the molecule is Nc1c(Cc2ccc(C(F)(F)F)cc2)c(C(F)F)nc2ncnn12. The molecule has 0 radical (unpaired) electrons. The normalized spacial score (nSPS) is 12.2. The second-order valence-corrected chi connectivity index (χ2v) is 5.00. The van der Waals surface area contributed by atoms with E-state index in [1.54, 1.807) is 0 Å². The van der Waals surface area contributed by atoms with Crippen LogP contribution in [-0.4, -0.2) is 19.6 Å². The summed E-state index contributed by atoms with van der Waals surface area (Å²) in [6.07, 6.45) is -6.35. The van der Waals surface area contributed by atoms with E-state index in [-0.39, 0.29) is 23.6 Å². The molecule has 3 rings (SSSR count). The van der Waals surface area contributed by atoms with Crippen LogP contribution in [0.25, 0.3) is 5.78 Å². The Balaban J connectivity index is 2.03. The van der Waals surface area contributed by atoms with Crippen molar-refractivity contribution in [3.63, 3.8) is 0 Å². The summed E-state index contributed by atoms with van der Waals surface area (Å²) < 4.78 is 65.3. The summed E-state index contributed by atoms with van der Waals surface area (Å²) in [6.45, 7) is 0. The largest absolute Gasteiger partial charge is 0.416 e. The summed E-state index contributed by atoms with van der Waals surface area (Å²) in [5.74, 6) is -0.147. The number of aromatic nitrogens is 4. The molecule has 0 unspecified atom stereocenters. The van der Waals surface area contributed by atoms with Gasteiger partial charge in [0, 0.05) is 12.0 Å². The van der Waals surface area contributed by atoms with Crippen molar-refractivity contribution in [2.75, 3.05) is 5.73 Å². The zero-order valence-corrected chi connectivity index (χ0v) is 11.9. The number of nitrogens with two attached hydrogens (primary N) is 1. The van der Waals surface area contributed by atoms with E-state index < -0.39 is 23.9 Å². The van der Waals surface area contributed by atoms with Crippen molar-refractivity contribution in [2.45, 2.75) is 19.0 Å². The first kappa shape index (κ1) is 16.1. The number of nitrogens with zero attached hydrogens (tertiary/aromatic N) is 4. The molecular weight excluding hydrogens is 333 g/mol. The lowest BCUT2D eigenvalue weighted by atomic mass is 10.0. The quantitative estimate of drug-likeness (QED) is 0.741. The fraction of sp³-hybridized carbons (Fsp3) is 0.214. The molecule has 126 valence electrons. The van der Waals surface area contributed by atoms with Crippen molar-refractivity contribution in [3.8, 4) is 0 Å². The summed E-state index contributed by atoms with van der Waals surface area (Å²) in [4.78, 5) is 7.44. The van der Waals surface area contributed by atoms with Gasteiger partial charge in [-0.1, -0.05) is 12.1 Å². The van der Waals surface area contributed by atoms with Gasteiger partial charge in [0.25, 0.3) is 12.2 Å². The predicted octanol–water partition coefficient (Wildman–Crippen LogP) is 3.25. The van der Waals surface area contributed by atoms with Crippen LogP contribution in [0, 0.1) is 0 Å². The summed E-state index contributed by atoms with van der Waals surface area (Å²) in [5, 5.41) is 3.79. The molecule has 0 aliphatic heterocycles. The van der Waals surface area contributed by atoms with Crippen LogP contribution in [0.1, 0.15) is 28.8 Å².